The topological polar surface area (TPSA) is 55.1 Å². The van der Waals surface area contributed by atoms with Crippen LogP contribution in [0.15, 0.2) is 12.2 Å². The number of carbonyl (C=O) groups excluding carboxylic acids is 1. The second-order valence-electron chi connectivity index (χ2n) is 3.88. The molecule has 0 atom stereocenters. The van der Waals surface area contributed by atoms with E-state index in [4.69, 9.17) is 5.73 Å². The van der Waals surface area contributed by atoms with Crippen LogP contribution in [0.4, 0.5) is 0 Å². The first-order valence-corrected chi connectivity index (χ1v) is 4.26. The fourth-order valence-corrected chi connectivity index (χ4v) is 1.09. The molecule has 0 aromatic heterocycles. The van der Waals surface area contributed by atoms with Gasteiger partial charge in [0, 0.05) is 17.7 Å². The fraction of sp³-hybridized carbons (Fsp3) is 0.667. The molecule has 1 aliphatic rings. The van der Waals surface area contributed by atoms with Gasteiger partial charge in [-0.15, -0.1) is 0 Å². The molecule has 0 saturated heterocycles. The van der Waals surface area contributed by atoms with Crippen LogP contribution in [0.3, 0.4) is 0 Å². The Hall–Kier alpha value is -0.830. The van der Waals surface area contributed by atoms with E-state index < -0.39 is 0 Å². The van der Waals surface area contributed by atoms with Crippen molar-refractivity contribution in [1.29, 1.82) is 0 Å². The van der Waals surface area contributed by atoms with Gasteiger partial charge in [-0.3, -0.25) is 4.79 Å². The Morgan fingerprint density at radius 1 is 1.58 bits per heavy atom. The molecule has 0 radical (unpaired) electrons. The van der Waals surface area contributed by atoms with Crippen molar-refractivity contribution in [3.8, 4) is 0 Å². The lowest BCUT2D eigenvalue weighted by Crippen LogP contribution is -2.39. The summed E-state index contributed by atoms with van der Waals surface area (Å²) in [5, 5.41) is 3.39. The van der Waals surface area contributed by atoms with Gasteiger partial charge in [-0.2, -0.15) is 0 Å². The second kappa shape index (κ2) is 3.27. The van der Waals surface area contributed by atoms with E-state index in [9.17, 15) is 4.79 Å². The zero-order valence-electron chi connectivity index (χ0n) is 7.63. The van der Waals surface area contributed by atoms with Crippen molar-refractivity contribution in [3.63, 3.8) is 0 Å². The van der Waals surface area contributed by atoms with Crippen molar-refractivity contribution in [2.75, 3.05) is 0 Å². The molecular formula is C9H16N2O. The number of hydrogen-bond acceptors (Lipinski definition) is 2. The van der Waals surface area contributed by atoms with Crippen LogP contribution in [0.2, 0.25) is 0 Å². The highest BCUT2D eigenvalue weighted by Gasteiger charge is 2.27. The first kappa shape index (κ1) is 9.26. The summed E-state index contributed by atoms with van der Waals surface area (Å²) < 4.78 is 0. The summed E-state index contributed by atoms with van der Waals surface area (Å²) in [5.41, 5.74) is 4.88. The molecule has 0 aliphatic heterocycles. The Bertz CT molecular complexity index is 205. The standard InChI is InChI=1S/C9H16N2O/c1-9(2,6-5-8(10)12)11-7-3-4-7/h5-7,11H,3-4H2,1-2H3,(H2,10,12). The highest BCUT2D eigenvalue weighted by Crippen LogP contribution is 2.22. The maximum Gasteiger partial charge on any atom is 0.241 e. The summed E-state index contributed by atoms with van der Waals surface area (Å²) in [6.45, 7) is 4.07. The number of primary amides is 1. The third-order valence-corrected chi connectivity index (χ3v) is 1.82. The molecule has 0 unspecified atom stereocenters. The van der Waals surface area contributed by atoms with Gasteiger partial charge in [-0.05, 0) is 26.7 Å². The van der Waals surface area contributed by atoms with E-state index in [1.54, 1.807) is 0 Å². The molecule has 0 aromatic rings. The van der Waals surface area contributed by atoms with Crippen LogP contribution in [0.1, 0.15) is 26.7 Å². The second-order valence-corrected chi connectivity index (χ2v) is 3.88. The van der Waals surface area contributed by atoms with Gasteiger partial charge in [0.25, 0.3) is 0 Å². The lowest BCUT2D eigenvalue weighted by atomic mass is 10.1. The molecule has 3 nitrogen and oxygen atoms in total. The molecule has 1 fully saturated rings. The number of nitrogens with two attached hydrogens (primary N) is 1. The Kier molecular flexibility index (Phi) is 2.52. The van der Waals surface area contributed by atoms with E-state index in [0.717, 1.165) is 0 Å². The van der Waals surface area contributed by atoms with Crippen LogP contribution < -0.4 is 11.1 Å². The summed E-state index contributed by atoms with van der Waals surface area (Å²) in [6.07, 6.45) is 5.71. The van der Waals surface area contributed by atoms with E-state index in [0.29, 0.717) is 6.04 Å². The number of nitrogens with one attached hydrogen (secondary N) is 1. The minimum Gasteiger partial charge on any atom is -0.366 e. The Balaban J connectivity index is 2.39. The van der Waals surface area contributed by atoms with Gasteiger partial charge in [0.15, 0.2) is 0 Å². The zero-order chi connectivity index (χ0) is 9.19. The number of carbonyl (C=O) groups is 1. The van der Waals surface area contributed by atoms with Gasteiger partial charge >= 0.3 is 0 Å². The molecule has 12 heavy (non-hydrogen) atoms. The van der Waals surface area contributed by atoms with Gasteiger partial charge in [0.2, 0.25) is 5.91 Å². The van der Waals surface area contributed by atoms with E-state index in [1.807, 2.05) is 19.9 Å². The van der Waals surface area contributed by atoms with Crippen LogP contribution in [0.25, 0.3) is 0 Å². The Morgan fingerprint density at radius 2 is 2.17 bits per heavy atom. The van der Waals surface area contributed by atoms with Crippen molar-refractivity contribution >= 4 is 5.91 Å². The fourth-order valence-electron chi connectivity index (χ4n) is 1.09. The molecule has 1 rings (SSSR count). The maximum absolute atomic E-state index is 10.5. The minimum atomic E-state index is -0.388. The van der Waals surface area contributed by atoms with Crippen LogP contribution in [0, 0.1) is 0 Å². The van der Waals surface area contributed by atoms with Crippen molar-refractivity contribution < 1.29 is 4.79 Å². The first-order valence-electron chi connectivity index (χ1n) is 4.26. The Labute approximate surface area is 73.0 Å². The van der Waals surface area contributed by atoms with Crippen molar-refractivity contribution in [1.82, 2.24) is 5.32 Å². The largest absolute Gasteiger partial charge is 0.366 e. The quantitative estimate of drug-likeness (QED) is 0.603. The van der Waals surface area contributed by atoms with Crippen molar-refractivity contribution in [2.45, 2.75) is 38.3 Å². The first-order chi connectivity index (χ1) is 5.49. The minimum absolute atomic E-state index is 0.115. The summed E-state index contributed by atoms with van der Waals surface area (Å²) in [5.74, 6) is -0.388. The molecule has 1 aliphatic carbocycles. The highest BCUT2D eigenvalue weighted by molar-refractivity contribution is 5.85. The highest BCUT2D eigenvalue weighted by atomic mass is 16.1. The number of amides is 1. The van der Waals surface area contributed by atoms with E-state index in [1.165, 1.54) is 18.9 Å². The van der Waals surface area contributed by atoms with Crippen molar-refractivity contribution in [2.24, 2.45) is 5.73 Å². The van der Waals surface area contributed by atoms with Gasteiger partial charge in [-0.25, -0.2) is 0 Å². The lowest BCUT2D eigenvalue weighted by molar-refractivity contribution is -0.113. The van der Waals surface area contributed by atoms with Crippen LogP contribution in [0.5, 0.6) is 0 Å². The van der Waals surface area contributed by atoms with Crippen LogP contribution in [-0.2, 0) is 4.79 Å². The van der Waals surface area contributed by atoms with Crippen LogP contribution >= 0.6 is 0 Å². The van der Waals surface area contributed by atoms with Gasteiger partial charge in [0.05, 0.1) is 0 Å². The average Bonchev–Trinajstić information content (AvgIpc) is 2.67. The van der Waals surface area contributed by atoms with Gasteiger partial charge in [-0.1, -0.05) is 6.08 Å². The molecule has 0 aromatic carbocycles. The van der Waals surface area contributed by atoms with E-state index >= 15 is 0 Å². The zero-order valence-corrected chi connectivity index (χ0v) is 7.63. The van der Waals surface area contributed by atoms with Gasteiger partial charge in [0.1, 0.15) is 0 Å². The Morgan fingerprint density at radius 3 is 2.58 bits per heavy atom. The van der Waals surface area contributed by atoms with Crippen LogP contribution in [-0.4, -0.2) is 17.5 Å². The van der Waals surface area contributed by atoms with Crippen molar-refractivity contribution in [3.05, 3.63) is 12.2 Å². The molecule has 1 amide bonds. The maximum atomic E-state index is 10.5. The monoisotopic (exact) mass is 168 g/mol. The average molecular weight is 168 g/mol. The smallest absolute Gasteiger partial charge is 0.241 e. The predicted molar refractivity (Wildman–Crippen MR) is 48.6 cm³/mol. The lowest BCUT2D eigenvalue weighted by Gasteiger charge is -2.21. The molecule has 0 spiro atoms. The van der Waals surface area contributed by atoms with E-state index in [-0.39, 0.29) is 11.4 Å². The SMILES string of the molecule is CC(C)(C=CC(N)=O)NC1CC1. The number of rotatable bonds is 4. The summed E-state index contributed by atoms with van der Waals surface area (Å²) in [4.78, 5) is 10.5. The third kappa shape index (κ3) is 3.53. The summed E-state index contributed by atoms with van der Waals surface area (Å²) in [7, 11) is 0. The molecule has 1 saturated carbocycles. The predicted octanol–water partition coefficient (Wildman–Crippen LogP) is 0.558. The van der Waals surface area contributed by atoms with Gasteiger partial charge < -0.3 is 11.1 Å². The number of hydrogen-bond donors (Lipinski definition) is 2. The molecule has 3 heteroatoms. The molecule has 0 heterocycles. The molecule has 68 valence electrons. The summed E-state index contributed by atoms with van der Waals surface area (Å²) >= 11 is 0. The molecule has 0 bridgehead atoms. The molecule has 3 N–H and O–H groups in total. The molecular weight excluding hydrogens is 152 g/mol. The normalized spacial score (nSPS) is 18.5. The third-order valence-electron chi connectivity index (χ3n) is 1.82. The van der Waals surface area contributed by atoms with E-state index in [2.05, 4.69) is 5.32 Å². The summed E-state index contributed by atoms with van der Waals surface area (Å²) in [6, 6.07) is 0.637.